The third-order valence-corrected chi connectivity index (χ3v) is 3.93. The number of aliphatic hydroxyl groups is 1. The molecule has 0 aliphatic heterocycles. The van der Waals surface area contributed by atoms with E-state index in [1.54, 1.807) is 11.3 Å². The molecular weight excluding hydrogens is 230 g/mol. The Morgan fingerprint density at radius 2 is 2.06 bits per heavy atom. The van der Waals surface area contributed by atoms with Gasteiger partial charge in [0.2, 0.25) is 0 Å². The second kappa shape index (κ2) is 5.43. The molecule has 0 fully saturated rings. The van der Waals surface area contributed by atoms with Crippen LogP contribution in [-0.2, 0) is 6.42 Å². The van der Waals surface area contributed by atoms with Gasteiger partial charge in [-0.3, -0.25) is 0 Å². The van der Waals surface area contributed by atoms with Crippen LogP contribution in [0.3, 0.4) is 0 Å². The van der Waals surface area contributed by atoms with Gasteiger partial charge in [0.1, 0.15) is 0 Å². The van der Waals surface area contributed by atoms with Gasteiger partial charge in [-0.1, -0.05) is 24.3 Å². The van der Waals surface area contributed by atoms with Gasteiger partial charge in [-0.15, -0.1) is 11.3 Å². The fourth-order valence-corrected chi connectivity index (χ4v) is 2.88. The molecule has 1 N–H and O–H groups in total. The lowest BCUT2D eigenvalue weighted by molar-refractivity contribution is 0.264. The van der Waals surface area contributed by atoms with Gasteiger partial charge in [-0.25, -0.2) is 4.98 Å². The van der Waals surface area contributed by atoms with Crippen molar-refractivity contribution in [2.75, 3.05) is 6.61 Å². The van der Waals surface area contributed by atoms with E-state index in [-0.39, 0.29) is 12.5 Å². The number of benzene rings is 1. The van der Waals surface area contributed by atoms with Crippen LogP contribution in [0.15, 0.2) is 29.6 Å². The molecule has 17 heavy (non-hydrogen) atoms. The predicted octanol–water partition coefficient (Wildman–Crippen LogP) is 3.08. The number of hydrogen-bond acceptors (Lipinski definition) is 3. The van der Waals surface area contributed by atoms with E-state index in [9.17, 15) is 5.11 Å². The molecule has 1 atom stereocenters. The lowest BCUT2D eigenvalue weighted by Gasteiger charge is -2.15. The summed E-state index contributed by atoms with van der Waals surface area (Å²) < 4.78 is 0. The first-order valence-electron chi connectivity index (χ1n) is 5.78. The number of aliphatic hydroxyl groups excluding tert-OH is 1. The molecular formula is C14H17NOS. The lowest BCUT2D eigenvalue weighted by atomic mass is 9.93. The monoisotopic (exact) mass is 247 g/mol. The van der Waals surface area contributed by atoms with Gasteiger partial charge in [-0.05, 0) is 25.0 Å². The van der Waals surface area contributed by atoms with Crippen LogP contribution < -0.4 is 0 Å². The minimum atomic E-state index is 0.154. The van der Waals surface area contributed by atoms with Crippen molar-refractivity contribution >= 4 is 11.3 Å². The van der Waals surface area contributed by atoms with Crippen molar-refractivity contribution in [2.24, 2.45) is 0 Å². The molecule has 0 bridgehead atoms. The number of hydrogen-bond donors (Lipinski definition) is 1. The average Bonchev–Trinajstić information content (AvgIpc) is 2.73. The van der Waals surface area contributed by atoms with Crippen molar-refractivity contribution in [1.82, 2.24) is 4.98 Å². The molecule has 90 valence electrons. The predicted molar refractivity (Wildman–Crippen MR) is 71.6 cm³/mol. The zero-order valence-corrected chi connectivity index (χ0v) is 11.0. The van der Waals surface area contributed by atoms with Crippen molar-refractivity contribution < 1.29 is 5.11 Å². The van der Waals surface area contributed by atoms with E-state index in [2.05, 4.69) is 29.4 Å². The molecule has 3 heteroatoms. The second-order valence-corrected chi connectivity index (χ2v) is 5.27. The van der Waals surface area contributed by atoms with Crippen LogP contribution in [-0.4, -0.2) is 16.7 Å². The van der Waals surface area contributed by atoms with Crippen LogP contribution in [0.1, 0.15) is 27.7 Å². The SMILES string of the molecule is Cc1csc(CC(CO)c2ccccc2C)n1. The molecule has 0 radical (unpaired) electrons. The van der Waals surface area contributed by atoms with Crippen molar-refractivity contribution in [3.05, 3.63) is 51.5 Å². The Hall–Kier alpha value is -1.19. The number of aryl methyl sites for hydroxylation is 2. The Balaban J connectivity index is 2.20. The molecule has 1 aromatic carbocycles. The van der Waals surface area contributed by atoms with Crippen molar-refractivity contribution in [3.63, 3.8) is 0 Å². The molecule has 2 nitrogen and oxygen atoms in total. The molecule has 0 saturated carbocycles. The van der Waals surface area contributed by atoms with Crippen molar-refractivity contribution in [3.8, 4) is 0 Å². The van der Waals surface area contributed by atoms with E-state index in [0.717, 1.165) is 17.1 Å². The van der Waals surface area contributed by atoms with E-state index >= 15 is 0 Å². The maximum absolute atomic E-state index is 9.55. The molecule has 2 aromatic rings. The Morgan fingerprint density at radius 3 is 2.65 bits per heavy atom. The van der Waals surface area contributed by atoms with E-state index < -0.39 is 0 Å². The van der Waals surface area contributed by atoms with Crippen molar-refractivity contribution in [2.45, 2.75) is 26.2 Å². The molecule has 0 spiro atoms. The molecule has 2 rings (SSSR count). The second-order valence-electron chi connectivity index (χ2n) is 4.32. The van der Waals surface area contributed by atoms with Gasteiger partial charge in [0.05, 0.1) is 11.6 Å². The number of nitrogens with zero attached hydrogens (tertiary/aromatic N) is 1. The fourth-order valence-electron chi connectivity index (χ4n) is 2.02. The van der Waals surface area contributed by atoms with Crippen molar-refractivity contribution in [1.29, 1.82) is 0 Å². The van der Waals surface area contributed by atoms with Gasteiger partial charge in [0.25, 0.3) is 0 Å². The van der Waals surface area contributed by atoms with Gasteiger partial charge >= 0.3 is 0 Å². The molecule has 0 saturated heterocycles. The van der Waals surface area contributed by atoms with E-state index in [1.165, 1.54) is 11.1 Å². The highest BCUT2D eigenvalue weighted by Gasteiger charge is 2.14. The highest BCUT2D eigenvalue weighted by atomic mass is 32.1. The van der Waals surface area contributed by atoms with Gasteiger partial charge in [0.15, 0.2) is 0 Å². The summed E-state index contributed by atoms with van der Waals surface area (Å²) in [5.74, 6) is 0.154. The van der Waals surface area contributed by atoms with E-state index in [4.69, 9.17) is 0 Å². The summed E-state index contributed by atoms with van der Waals surface area (Å²) in [6.45, 7) is 4.26. The first-order valence-corrected chi connectivity index (χ1v) is 6.66. The fraction of sp³-hybridized carbons (Fsp3) is 0.357. The van der Waals surface area contributed by atoms with Crippen LogP contribution in [0.2, 0.25) is 0 Å². The highest BCUT2D eigenvalue weighted by Crippen LogP contribution is 2.24. The van der Waals surface area contributed by atoms with Crippen LogP contribution >= 0.6 is 11.3 Å². The summed E-state index contributed by atoms with van der Waals surface area (Å²) in [6.07, 6.45) is 0.819. The summed E-state index contributed by atoms with van der Waals surface area (Å²) in [5.41, 5.74) is 3.52. The Kier molecular flexibility index (Phi) is 3.92. The molecule has 0 aliphatic rings. The smallest absolute Gasteiger partial charge is 0.0935 e. The zero-order valence-electron chi connectivity index (χ0n) is 10.2. The zero-order chi connectivity index (χ0) is 12.3. The number of thiazole rings is 1. The maximum Gasteiger partial charge on any atom is 0.0935 e. The first-order chi connectivity index (χ1) is 8.20. The lowest BCUT2D eigenvalue weighted by Crippen LogP contribution is -2.09. The van der Waals surface area contributed by atoms with E-state index in [1.807, 2.05) is 19.1 Å². The highest BCUT2D eigenvalue weighted by molar-refractivity contribution is 7.09. The van der Waals surface area contributed by atoms with Crippen LogP contribution in [0.5, 0.6) is 0 Å². The Bertz CT molecular complexity index is 492. The molecule has 1 heterocycles. The maximum atomic E-state index is 9.55. The largest absolute Gasteiger partial charge is 0.396 e. The van der Waals surface area contributed by atoms with Crippen LogP contribution in [0.25, 0.3) is 0 Å². The molecule has 0 amide bonds. The normalized spacial score (nSPS) is 12.6. The van der Waals surface area contributed by atoms with Gasteiger partial charge in [0, 0.05) is 23.4 Å². The molecule has 1 unspecified atom stereocenters. The Morgan fingerprint density at radius 1 is 1.29 bits per heavy atom. The third kappa shape index (κ3) is 2.93. The minimum absolute atomic E-state index is 0.154. The minimum Gasteiger partial charge on any atom is -0.396 e. The standard InChI is InChI=1S/C14H17NOS/c1-10-5-3-4-6-13(10)12(8-16)7-14-15-11(2)9-17-14/h3-6,9,12,16H,7-8H2,1-2H3. The van der Waals surface area contributed by atoms with Gasteiger partial charge in [-0.2, -0.15) is 0 Å². The van der Waals surface area contributed by atoms with E-state index in [0.29, 0.717) is 0 Å². The van der Waals surface area contributed by atoms with Gasteiger partial charge < -0.3 is 5.11 Å². The Labute approximate surface area is 106 Å². The molecule has 0 aliphatic carbocycles. The number of aromatic nitrogens is 1. The third-order valence-electron chi connectivity index (χ3n) is 2.94. The molecule has 1 aromatic heterocycles. The first kappa shape index (κ1) is 12.3. The average molecular weight is 247 g/mol. The summed E-state index contributed by atoms with van der Waals surface area (Å²) in [4.78, 5) is 4.46. The summed E-state index contributed by atoms with van der Waals surface area (Å²) >= 11 is 1.67. The van der Waals surface area contributed by atoms with Crippen LogP contribution in [0, 0.1) is 13.8 Å². The number of rotatable bonds is 4. The van der Waals surface area contributed by atoms with Crippen LogP contribution in [0.4, 0.5) is 0 Å². The summed E-state index contributed by atoms with van der Waals surface area (Å²) in [5, 5.41) is 12.7. The summed E-state index contributed by atoms with van der Waals surface area (Å²) in [7, 11) is 0. The quantitative estimate of drug-likeness (QED) is 0.900. The topological polar surface area (TPSA) is 33.1 Å². The summed E-state index contributed by atoms with van der Waals surface area (Å²) in [6, 6.07) is 8.24.